The van der Waals surface area contributed by atoms with Crippen LogP contribution in [0.5, 0.6) is 0 Å². The molecule has 0 radical (unpaired) electrons. The zero-order valence-corrected chi connectivity index (χ0v) is 14.3. The van der Waals surface area contributed by atoms with Gasteiger partial charge in [-0.05, 0) is 77.4 Å². The second-order valence-electron chi connectivity index (χ2n) is 4.98. The second-order valence-corrected chi connectivity index (χ2v) is 8.09. The van der Waals surface area contributed by atoms with Gasteiger partial charge in [-0.15, -0.1) is 0 Å². The van der Waals surface area contributed by atoms with Crippen LogP contribution in [0.4, 0.5) is 11.4 Å². The van der Waals surface area contributed by atoms with E-state index in [1.165, 1.54) is 4.31 Å². The van der Waals surface area contributed by atoms with Gasteiger partial charge in [-0.3, -0.25) is 4.31 Å². The van der Waals surface area contributed by atoms with E-state index in [9.17, 15) is 8.42 Å². The van der Waals surface area contributed by atoms with E-state index in [0.29, 0.717) is 22.8 Å². The van der Waals surface area contributed by atoms with Crippen LogP contribution in [0.2, 0.25) is 0 Å². The molecule has 0 amide bonds. The number of fused-ring (bicyclic) bond motifs is 1. The molecule has 1 aliphatic heterocycles. The Morgan fingerprint density at radius 1 is 1.10 bits per heavy atom. The summed E-state index contributed by atoms with van der Waals surface area (Å²) >= 11 is 2.16. The Morgan fingerprint density at radius 2 is 1.81 bits per heavy atom. The smallest absolute Gasteiger partial charge is 0.264 e. The topological polar surface area (TPSA) is 63.4 Å². The average Bonchev–Trinajstić information content (AvgIpc) is 2.47. The van der Waals surface area contributed by atoms with Crippen LogP contribution in [0.25, 0.3) is 0 Å². The van der Waals surface area contributed by atoms with E-state index < -0.39 is 10.0 Å². The number of anilines is 2. The first-order valence-corrected chi connectivity index (χ1v) is 9.18. The standard InChI is InChI=1S/C15H15IN2O2S/c16-11-6-8-12(9-7-11)21(19,20)18-10-2-3-13-14(17)4-1-5-15(13)18/h1,4-9H,2-3,10,17H2. The lowest BCUT2D eigenvalue weighted by Gasteiger charge is -2.31. The molecule has 0 saturated carbocycles. The van der Waals surface area contributed by atoms with Gasteiger partial charge in [0.05, 0.1) is 10.6 Å². The van der Waals surface area contributed by atoms with E-state index >= 15 is 0 Å². The van der Waals surface area contributed by atoms with E-state index in [0.717, 1.165) is 22.0 Å². The van der Waals surface area contributed by atoms with E-state index in [1.807, 2.05) is 12.1 Å². The summed E-state index contributed by atoms with van der Waals surface area (Å²) in [5.41, 5.74) is 8.28. The van der Waals surface area contributed by atoms with Gasteiger partial charge < -0.3 is 5.73 Å². The first-order valence-electron chi connectivity index (χ1n) is 6.66. The largest absolute Gasteiger partial charge is 0.398 e. The predicted octanol–water partition coefficient (Wildman–Crippen LogP) is 3.01. The number of nitrogen functional groups attached to an aromatic ring is 1. The highest BCUT2D eigenvalue weighted by molar-refractivity contribution is 14.1. The number of sulfonamides is 1. The molecule has 0 spiro atoms. The molecule has 2 aromatic rings. The lowest BCUT2D eigenvalue weighted by atomic mass is 10.0. The van der Waals surface area contributed by atoms with Gasteiger partial charge in [0.25, 0.3) is 10.0 Å². The first kappa shape index (κ1) is 14.6. The normalized spacial score (nSPS) is 14.8. The van der Waals surface area contributed by atoms with E-state index in [1.54, 1.807) is 30.3 Å². The molecule has 110 valence electrons. The van der Waals surface area contributed by atoms with Crippen LogP contribution >= 0.6 is 22.6 Å². The molecule has 0 saturated heterocycles. The molecular formula is C15H15IN2O2S. The Bertz CT molecular complexity index is 773. The number of hydrogen-bond acceptors (Lipinski definition) is 3. The Hall–Kier alpha value is -1.28. The van der Waals surface area contributed by atoms with Crippen LogP contribution in [-0.2, 0) is 16.4 Å². The lowest BCUT2D eigenvalue weighted by molar-refractivity contribution is 0.586. The highest BCUT2D eigenvalue weighted by Crippen LogP contribution is 2.34. The van der Waals surface area contributed by atoms with Crippen molar-refractivity contribution in [2.75, 3.05) is 16.6 Å². The second kappa shape index (κ2) is 5.49. The summed E-state index contributed by atoms with van der Waals surface area (Å²) in [7, 11) is -3.53. The van der Waals surface area contributed by atoms with Gasteiger partial charge >= 0.3 is 0 Å². The molecule has 1 aliphatic rings. The third kappa shape index (κ3) is 2.62. The third-order valence-corrected chi connectivity index (χ3v) is 6.19. The van der Waals surface area contributed by atoms with Gasteiger partial charge in [-0.2, -0.15) is 0 Å². The summed E-state index contributed by atoms with van der Waals surface area (Å²) in [6.45, 7) is 0.491. The zero-order valence-electron chi connectivity index (χ0n) is 11.3. The van der Waals surface area contributed by atoms with Gasteiger partial charge in [0, 0.05) is 15.8 Å². The summed E-state index contributed by atoms with van der Waals surface area (Å²) in [5.74, 6) is 0. The van der Waals surface area contributed by atoms with Crippen molar-refractivity contribution in [1.82, 2.24) is 0 Å². The van der Waals surface area contributed by atoms with Crippen LogP contribution in [-0.4, -0.2) is 15.0 Å². The molecule has 0 unspecified atom stereocenters. The quantitative estimate of drug-likeness (QED) is 0.607. The molecule has 0 fully saturated rings. The number of hydrogen-bond donors (Lipinski definition) is 1. The Kier molecular flexibility index (Phi) is 3.83. The molecule has 6 heteroatoms. The first-order chi connectivity index (χ1) is 10.00. The van der Waals surface area contributed by atoms with E-state index in [4.69, 9.17) is 5.73 Å². The summed E-state index contributed by atoms with van der Waals surface area (Å²) in [5, 5.41) is 0. The number of nitrogens with zero attached hydrogens (tertiary/aromatic N) is 1. The van der Waals surface area contributed by atoms with E-state index in [2.05, 4.69) is 22.6 Å². The molecule has 21 heavy (non-hydrogen) atoms. The maximum absolute atomic E-state index is 12.9. The molecule has 2 aromatic carbocycles. The zero-order chi connectivity index (χ0) is 15.0. The predicted molar refractivity (Wildman–Crippen MR) is 92.9 cm³/mol. The van der Waals surface area contributed by atoms with Crippen molar-refractivity contribution in [2.24, 2.45) is 0 Å². The van der Waals surface area contributed by atoms with Crippen LogP contribution in [0.1, 0.15) is 12.0 Å². The molecule has 0 aliphatic carbocycles. The minimum Gasteiger partial charge on any atom is -0.398 e. The Labute approximate surface area is 138 Å². The summed E-state index contributed by atoms with van der Waals surface area (Å²) in [6, 6.07) is 12.4. The molecule has 0 atom stereocenters. The highest BCUT2D eigenvalue weighted by atomic mass is 127. The lowest BCUT2D eigenvalue weighted by Crippen LogP contribution is -2.35. The number of halogens is 1. The van der Waals surface area contributed by atoms with Crippen molar-refractivity contribution in [3.8, 4) is 0 Å². The SMILES string of the molecule is Nc1cccc2c1CCCN2S(=O)(=O)c1ccc(I)cc1. The minimum absolute atomic E-state index is 0.318. The molecular weight excluding hydrogens is 399 g/mol. The molecule has 0 bridgehead atoms. The molecule has 3 rings (SSSR count). The van der Waals surface area contributed by atoms with E-state index in [-0.39, 0.29) is 0 Å². The maximum Gasteiger partial charge on any atom is 0.264 e. The van der Waals surface area contributed by atoms with Gasteiger partial charge in [0.15, 0.2) is 0 Å². The fourth-order valence-electron chi connectivity index (χ4n) is 2.60. The monoisotopic (exact) mass is 414 g/mol. The fraction of sp³-hybridized carbons (Fsp3) is 0.200. The van der Waals surface area contributed by atoms with Crippen LogP contribution in [0.15, 0.2) is 47.4 Å². The minimum atomic E-state index is -3.53. The Morgan fingerprint density at radius 3 is 2.52 bits per heavy atom. The summed E-state index contributed by atoms with van der Waals surface area (Å²) in [4.78, 5) is 0.318. The van der Waals surface area contributed by atoms with Crippen molar-refractivity contribution in [3.63, 3.8) is 0 Å². The number of nitrogens with two attached hydrogens (primary N) is 1. The van der Waals surface area contributed by atoms with Crippen molar-refractivity contribution < 1.29 is 8.42 Å². The van der Waals surface area contributed by atoms with Crippen molar-refractivity contribution in [1.29, 1.82) is 0 Å². The summed E-state index contributed by atoms with van der Waals surface area (Å²) in [6.07, 6.45) is 1.60. The molecule has 4 nitrogen and oxygen atoms in total. The van der Waals surface area contributed by atoms with Crippen LogP contribution in [0, 0.1) is 3.57 Å². The van der Waals surface area contributed by atoms with Gasteiger partial charge in [-0.25, -0.2) is 8.42 Å². The Balaban J connectivity index is 2.10. The van der Waals surface area contributed by atoms with Gasteiger partial charge in [-0.1, -0.05) is 6.07 Å². The average molecular weight is 414 g/mol. The maximum atomic E-state index is 12.9. The fourth-order valence-corrected chi connectivity index (χ4v) is 4.49. The number of benzene rings is 2. The van der Waals surface area contributed by atoms with Crippen molar-refractivity contribution in [2.45, 2.75) is 17.7 Å². The van der Waals surface area contributed by atoms with Crippen LogP contribution < -0.4 is 10.0 Å². The van der Waals surface area contributed by atoms with Crippen molar-refractivity contribution in [3.05, 3.63) is 51.6 Å². The molecule has 2 N–H and O–H groups in total. The third-order valence-electron chi connectivity index (χ3n) is 3.65. The number of rotatable bonds is 2. The van der Waals surface area contributed by atoms with Crippen LogP contribution in [0.3, 0.4) is 0 Å². The summed E-state index contributed by atoms with van der Waals surface area (Å²) < 4.78 is 28.2. The molecule has 1 heterocycles. The highest BCUT2D eigenvalue weighted by Gasteiger charge is 2.29. The van der Waals surface area contributed by atoms with Gasteiger partial charge in [0.2, 0.25) is 0 Å². The van der Waals surface area contributed by atoms with Crippen molar-refractivity contribution >= 4 is 44.0 Å². The van der Waals surface area contributed by atoms with Gasteiger partial charge in [0.1, 0.15) is 0 Å². The molecule has 0 aromatic heterocycles.